The van der Waals surface area contributed by atoms with Crippen LogP contribution in [0.2, 0.25) is 5.02 Å². The third kappa shape index (κ3) is 3.50. The van der Waals surface area contributed by atoms with Gasteiger partial charge in [0.15, 0.2) is 11.5 Å². The van der Waals surface area contributed by atoms with Crippen molar-refractivity contribution >= 4 is 41.2 Å². The second-order valence-corrected chi connectivity index (χ2v) is 6.55. The molecule has 29 heavy (non-hydrogen) atoms. The van der Waals surface area contributed by atoms with Crippen LogP contribution in [0.4, 0.5) is 10.5 Å². The van der Waals surface area contributed by atoms with Crippen LogP contribution in [0.3, 0.4) is 0 Å². The fraction of sp³-hybridized carbons (Fsp3) is 0.150. The van der Waals surface area contributed by atoms with Gasteiger partial charge in [-0.25, -0.2) is 9.69 Å². The van der Waals surface area contributed by atoms with E-state index in [1.807, 2.05) is 0 Å². The fourth-order valence-electron chi connectivity index (χ4n) is 3.00. The number of hydrogen-bond donors (Lipinski definition) is 1. The van der Waals surface area contributed by atoms with E-state index >= 15 is 0 Å². The minimum absolute atomic E-state index is 0.0669. The number of carbonyl (C=O) groups is 3. The summed E-state index contributed by atoms with van der Waals surface area (Å²) in [6, 6.07) is 8.60. The highest BCUT2D eigenvalue weighted by molar-refractivity contribution is 6.39. The van der Waals surface area contributed by atoms with Crippen LogP contribution in [-0.4, -0.2) is 31.2 Å². The second kappa shape index (κ2) is 7.48. The molecule has 148 valence electrons. The number of ether oxygens (including phenoxy) is 3. The summed E-state index contributed by atoms with van der Waals surface area (Å²) < 4.78 is 16.3. The van der Waals surface area contributed by atoms with Crippen LogP contribution in [0.25, 0.3) is 6.08 Å². The molecule has 2 heterocycles. The standard InChI is InChI=1S/C20H15ClN2O6/c1-2-27-15-9-17-16(28-10-29-17)7-11(15)6-14-18(24)22-20(26)23(19(14)25)13-5-3-4-12(21)8-13/h3-9H,2,10H2,1H3,(H,22,24,26)/b14-6-. The Bertz CT molecular complexity index is 1060. The largest absolute Gasteiger partial charge is 0.493 e. The molecule has 2 aliphatic rings. The Morgan fingerprint density at radius 1 is 1.17 bits per heavy atom. The van der Waals surface area contributed by atoms with Gasteiger partial charge in [0.2, 0.25) is 6.79 Å². The van der Waals surface area contributed by atoms with Gasteiger partial charge in [-0.15, -0.1) is 0 Å². The van der Waals surface area contributed by atoms with Gasteiger partial charge < -0.3 is 14.2 Å². The molecule has 0 atom stereocenters. The topological polar surface area (TPSA) is 94.2 Å². The average Bonchev–Trinajstić information content (AvgIpc) is 3.12. The first-order valence-corrected chi connectivity index (χ1v) is 9.09. The maximum Gasteiger partial charge on any atom is 0.335 e. The summed E-state index contributed by atoms with van der Waals surface area (Å²) in [5, 5.41) is 2.52. The van der Waals surface area contributed by atoms with Crippen molar-refractivity contribution in [1.82, 2.24) is 5.32 Å². The second-order valence-electron chi connectivity index (χ2n) is 6.11. The molecule has 4 amide bonds. The number of rotatable bonds is 4. The van der Waals surface area contributed by atoms with Crippen molar-refractivity contribution < 1.29 is 28.6 Å². The van der Waals surface area contributed by atoms with Gasteiger partial charge in [-0.1, -0.05) is 17.7 Å². The molecule has 2 aliphatic heterocycles. The number of urea groups is 1. The Hall–Kier alpha value is -3.52. The molecule has 1 N–H and O–H groups in total. The van der Waals surface area contributed by atoms with Gasteiger partial charge in [-0.2, -0.15) is 0 Å². The lowest BCUT2D eigenvalue weighted by molar-refractivity contribution is -0.122. The summed E-state index contributed by atoms with van der Waals surface area (Å²) in [7, 11) is 0. The fourth-order valence-corrected chi connectivity index (χ4v) is 3.18. The number of nitrogens with one attached hydrogen (secondary N) is 1. The number of barbiturate groups is 1. The summed E-state index contributed by atoms with van der Waals surface area (Å²) in [5.41, 5.74) is 0.452. The predicted octanol–water partition coefficient (Wildman–Crippen LogP) is 3.13. The normalized spacial score (nSPS) is 17.0. The molecule has 0 radical (unpaired) electrons. The van der Waals surface area contributed by atoms with E-state index in [4.69, 9.17) is 25.8 Å². The molecule has 0 saturated carbocycles. The minimum Gasteiger partial charge on any atom is -0.493 e. The molecular formula is C20H15ClN2O6. The smallest absolute Gasteiger partial charge is 0.335 e. The lowest BCUT2D eigenvalue weighted by Crippen LogP contribution is -2.54. The Morgan fingerprint density at radius 3 is 2.66 bits per heavy atom. The monoisotopic (exact) mass is 414 g/mol. The van der Waals surface area contributed by atoms with E-state index in [2.05, 4.69) is 5.32 Å². The number of benzene rings is 2. The molecule has 0 aromatic heterocycles. The van der Waals surface area contributed by atoms with Gasteiger partial charge in [-0.3, -0.25) is 14.9 Å². The summed E-state index contributed by atoms with van der Waals surface area (Å²) in [5.74, 6) is -0.201. The van der Waals surface area contributed by atoms with Crippen LogP contribution in [0.15, 0.2) is 42.0 Å². The van der Waals surface area contributed by atoms with E-state index in [-0.39, 0.29) is 18.1 Å². The van der Waals surface area contributed by atoms with Crippen LogP contribution in [0.5, 0.6) is 17.2 Å². The minimum atomic E-state index is -0.852. The SMILES string of the molecule is CCOc1cc2c(cc1/C=C1/C(=O)NC(=O)N(c3cccc(Cl)c3)C1=O)OCO2. The molecule has 0 bridgehead atoms. The van der Waals surface area contributed by atoms with Crippen molar-refractivity contribution in [2.24, 2.45) is 0 Å². The molecule has 0 aliphatic carbocycles. The van der Waals surface area contributed by atoms with Gasteiger partial charge in [0.1, 0.15) is 11.3 Å². The first kappa shape index (κ1) is 18.8. The van der Waals surface area contributed by atoms with E-state index in [1.165, 1.54) is 12.1 Å². The van der Waals surface area contributed by atoms with Crippen LogP contribution in [0.1, 0.15) is 12.5 Å². The number of amides is 4. The van der Waals surface area contributed by atoms with Gasteiger partial charge in [-0.05, 0) is 37.3 Å². The van der Waals surface area contributed by atoms with Crippen molar-refractivity contribution in [2.75, 3.05) is 18.3 Å². The third-order valence-electron chi connectivity index (χ3n) is 4.27. The van der Waals surface area contributed by atoms with Crippen molar-refractivity contribution in [3.63, 3.8) is 0 Å². The van der Waals surface area contributed by atoms with Crippen LogP contribution in [0, 0.1) is 0 Å². The van der Waals surface area contributed by atoms with E-state index < -0.39 is 17.8 Å². The Balaban J connectivity index is 1.77. The van der Waals surface area contributed by atoms with Crippen molar-refractivity contribution in [1.29, 1.82) is 0 Å². The summed E-state index contributed by atoms with van der Waals surface area (Å²) in [6.45, 7) is 2.24. The van der Waals surface area contributed by atoms with Crippen molar-refractivity contribution in [3.8, 4) is 17.2 Å². The lowest BCUT2D eigenvalue weighted by atomic mass is 10.1. The zero-order chi connectivity index (χ0) is 20.5. The first-order chi connectivity index (χ1) is 14.0. The molecule has 0 spiro atoms. The van der Waals surface area contributed by atoms with Crippen LogP contribution < -0.4 is 24.4 Å². The Morgan fingerprint density at radius 2 is 1.93 bits per heavy atom. The number of imide groups is 2. The number of hydrogen-bond acceptors (Lipinski definition) is 6. The number of halogens is 1. The molecule has 8 nitrogen and oxygen atoms in total. The molecule has 1 fully saturated rings. The number of fused-ring (bicyclic) bond motifs is 1. The van der Waals surface area contributed by atoms with E-state index in [1.54, 1.807) is 37.3 Å². The lowest BCUT2D eigenvalue weighted by Gasteiger charge is -2.26. The van der Waals surface area contributed by atoms with E-state index in [9.17, 15) is 14.4 Å². The van der Waals surface area contributed by atoms with Crippen molar-refractivity contribution in [2.45, 2.75) is 6.92 Å². The molecule has 2 aromatic carbocycles. The first-order valence-electron chi connectivity index (χ1n) is 8.71. The highest BCUT2D eigenvalue weighted by Gasteiger charge is 2.37. The summed E-state index contributed by atoms with van der Waals surface area (Å²) >= 11 is 5.97. The Labute approximate surface area is 170 Å². The zero-order valence-electron chi connectivity index (χ0n) is 15.2. The van der Waals surface area contributed by atoms with Gasteiger partial charge >= 0.3 is 6.03 Å². The van der Waals surface area contributed by atoms with Gasteiger partial charge in [0, 0.05) is 16.7 Å². The molecule has 9 heteroatoms. The molecule has 1 saturated heterocycles. The highest BCUT2D eigenvalue weighted by Crippen LogP contribution is 2.39. The van der Waals surface area contributed by atoms with Gasteiger partial charge in [0.25, 0.3) is 11.8 Å². The highest BCUT2D eigenvalue weighted by atomic mass is 35.5. The van der Waals surface area contributed by atoms with Crippen LogP contribution >= 0.6 is 11.6 Å². The van der Waals surface area contributed by atoms with Gasteiger partial charge in [0.05, 0.1) is 12.3 Å². The number of nitrogens with zero attached hydrogens (tertiary/aromatic N) is 1. The Kier molecular flexibility index (Phi) is 4.85. The number of carbonyl (C=O) groups excluding carboxylic acids is 3. The average molecular weight is 415 g/mol. The molecule has 4 rings (SSSR count). The maximum absolute atomic E-state index is 13.0. The van der Waals surface area contributed by atoms with Crippen molar-refractivity contribution in [3.05, 3.63) is 52.6 Å². The van der Waals surface area contributed by atoms with E-state index in [0.29, 0.717) is 34.4 Å². The summed E-state index contributed by atoms with van der Waals surface area (Å²) in [4.78, 5) is 38.5. The van der Waals surface area contributed by atoms with E-state index in [0.717, 1.165) is 4.90 Å². The quantitative estimate of drug-likeness (QED) is 0.610. The summed E-state index contributed by atoms with van der Waals surface area (Å²) in [6.07, 6.45) is 1.36. The molecule has 0 unspecified atom stereocenters. The predicted molar refractivity (Wildman–Crippen MR) is 104 cm³/mol. The van der Waals surface area contributed by atoms with Crippen LogP contribution in [-0.2, 0) is 9.59 Å². The third-order valence-corrected chi connectivity index (χ3v) is 4.51. The zero-order valence-corrected chi connectivity index (χ0v) is 16.0. The maximum atomic E-state index is 13.0. The molecule has 2 aromatic rings. The molecular weight excluding hydrogens is 400 g/mol. The number of anilines is 1.